The van der Waals surface area contributed by atoms with Gasteiger partial charge in [0.2, 0.25) is 0 Å². The van der Waals surface area contributed by atoms with Crippen LogP contribution in [0, 0.1) is 0 Å². The van der Waals surface area contributed by atoms with Crippen LogP contribution in [0.15, 0.2) is 30.6 Å². The van der Waals surface area contributed by atoms with Crippen LogP contribution in [0.4, 0.5) is 5.82 Å². The number of aromatic carboxylic acids is 1. The number of carbonyl (C=O) groups is 2. The SMILES string of the molecule is CC(C)n1nccc1NC(=O)c1ccnc(C(=O)O)c1. The minimum absolute atomic E-state index is 0.104. The van der Waals surface area contributed by atoms with Crippen molar-refractivity contribution in [2.24, 2.45) is 0 Å². The Hall–Kier alpha value is -2.70. The van der Waals surface area contributed by atoms with Crippen LogP contribution in [-0.4, -0.2) is 31.7 Å². The third kappa shape index (κ3) is 2.82. The average molecular weight is 274 g/mol. The number of carboxylic acid groups (broad SMARTS) is 1. The van der Waals surface area contributed by atoms with Gasteiger partial charge in [0, 0.05) is 23.9 Å². The number of hydrogen-bond donors (Lipinski definition) is 2. The summed E-state index contributed by atoms with van der Waals surface area (Å²) < 4.78 is 1.66. The summed E-state index contributed by atoms with van der Waals surface area (Å²) in [4.78, 5) is 26.6. The highest BCUT2D eigenvalue weighted by atomic mass is 16.4. The van der Waals surface area contributed by atoms with Gasteiger partial charge < -0.3 is 10.4 Å². The average Bonchev–Trinajstić information content (AvgIpc) is 2.87. The van der Waals surface area contributed by atoms with Crippen molar-refractivity contribution in [1.82, 2.24) is 14.8 Å². The molecule has 2 aromatic heterocycles. The molecule has 0 saturated carbocycles. The summed E-state index contributed by atoms with van der Waals surface area (Å²) in [5.41, 5.74) is 0.0592. The summed E-state index contributed by atoms with van der Waals surface area (Å²) in [6.07, 6.45) is 2.88. The zero-order valence-corrected chi connectivity index (χ0v) is 11.1. The fourth-order valence-corrected chi connectivity index (χ4v) is 1.70. The van der Waals surface area contributed by atoms with Crippen molar-refractivity contribution in [3.05, 3.63) is 41.9 Å². The predicted octanol–water partition coefficient (Wildman–Crippen LogP) is 1.81. The Morgan fingerprint density at radius 3 is 2.70 bits per heavy atom. The number of nitrogens with zero attached hydrogens (tertiary/aromatic N) is 3. The maximum atomic E-state index is 12.1. The van der Waals surface area contributed by atoms with Crippen LogP contribution < -0.4 is 5.32 Å². The number of carbonyl (C=O) groups excluding carboxylic acids is 1. The molecule has 2 rings (SSSR count). The highest BCUT2D eigenvalue weighted by Crippen LogP contribution is 2.14. The standard InChI is InChI=1S/C13H14N4O3/c1-8(2)17-11(4-6-15-17)16-12(18)9-3-5-14-10(7-9)13(19)20/h3-8H,1-2H3,(H,16,18)(H,19,20). The van der Waals surface area contributed by atoms with E-state index in [1.807, 2.05) is 13.8 Å². The summed E-state index contributed by atoms with van der Waals surface area (Å²) >= 11 is 0. The largest absolute Gasteiger partial charge is 0.477 e. The van der Waals surface area contributed by atoms with Crippen molar-refractivity contribution in [2.45, 2.75) is 19.9 Å². The van der Waals surface area contributed by atoms with E-state index in [-0.39, 0.29) is 17.3 Å². The third-order valence-electron chi connectivity index (χ3n) is 2.64. The lowest BCUT2D eigenvalue weighted by Crippen LogP contribution is -2.17. The van der Waals surface area contributed by atoms with E-state index in [1.165, 1.54) is 18.3 Å². The van der Waals surface area contributed by atoms with Gasteiger partial charge in [-0.3, -0.25) is 4.79 Å². The van der Waals surface area contributed by atoms with E-state index in [0.29, 0.717) is 5.82 Å². The number of rotatable bonds is 4. The topological polar surface area (TPSA) is 97.1 Å². The molecule has 0 aliphatic heterocycles. The first-order valence-electron chi connectivity index (χ1n) is 6.03. The molecule has 0 aliphatic rings. The van der Waals surface area contributed by atoms with Gasteiger partial charge in [-0.15, -0.1) is 0 Å². The predicted molar refractivity (Wildman–Crippen MR) is 71.8 cm³/mol. The van der Waals surface area contributed by atoms with Gasteiger partial charge in [-0.05, 0) is 26.0 Å². The van der Waals surface area contributed by atoms with Gasteiger partial charge in [-0.25, -0.2) is 14.5 Å². The van der Waals surface area contributed by atoms with Crippen molar-refractivity contribution in [3.63, 3.8) is 0 Å². The van der Waals surface area contributed by atoms with E-state index in [9.17, 15) is 9.59 Å². The molecule has 7 nitrogen and oxygen atoms in total. The van der Waals surface area contributed by atoms with E-state index in [1.54, 1.807) is 16.9 Å². The molecule has 0 aromatic carbocycles. The minimum Gasteiger partial charge on any atom is -0.477 e. The zero-order valence-electron chi connectivity index (χ0n) is 11.1. The fraction of sp³-hybridized carbons (Fsp3) is 0.231. The molecule has 0 atom stereocenters. The molecule has 0 spiro atoms. The Bertz CT molecular complexity index is 649. The Morgan fingerprint density at radius 2 is 2.05 bits per heavy atom. The molecule has 2 aromatic rings. The molecule has 2 N–H and O–H groups in total. The molecule has 0 saturated heterocycles. The second-order valence-electron chi connectivity index (χ2n) is 4.44. The van der Waals surface area contributed by atoms with Gasteiger partial charge in [0.15, 0.2) is 0 Å². The Labute approximate surface area is 115 Å². The molecule has 2 heterocycles. The normalized spacial score (nSPS) is 10.6. The summed E-state index contributed by atoms with van der Waals surface area (Å²) in [5.74, 6) is -1.03. The van der Waals surface area contributed by atoms with E-state index >= 15 is 0 Å². The highest BCUT2D eigenvalue weighted by Gasteiger charge is 2.13. The smallest absolute Gasteiger partial charge is 0.354 e. The van der Waals surface area contributed by atoms with Gasteiger partial charge in [-0.1, -0.05) is 0 Å². The molecule has 0 radical (unpaired) electrons. The van der Waals surface area contributed by atoms with Gasteiger partial charge >= 0.3 is 5.97 Å². The van der Waals surface area contributed by atoms with Crippen LogP contribution >= 0.6 is 0 Å². The van der Waals surface area contributed by atoms with Gasteiger partial charge in [0.25, 0.3) is 5.91 Å². The third-order valence-corrected chi connectivity index (χ3v) is 2.64. The first-order valence-corrected chi connectivity index (χ1v) is 6.03. The Morgan fingerprint density at radius 1 is 1.30 bits per heavy atom. The first kappa shape index (κ1) is 13.7. The van der Waals surface area contributed by atoms with E-state index in [2.05, 4.69) is 15.4 Å². The molecule has 0 unspecified atom stereocenters. The maximum Gasteiger partial charge on any atom is 0.354 e. The summed E-state index contributed by atoms with van der Waals surface area (Å²) in [7, 11) is 0. The van der Waals surface area contributed by atoms with Crippen molar-refractivity contribution in [1.29, 1.82) is 0 Å². The molecule has 7 heteroatoms. The van der Waals surface area contributed by atoms with Crippen molar-refractivity contribution in [3.8, 4) is 0 Å². The lowest BCUT2D eigenvalue weighted by Gasteiger charge is -2.11. The zero-order chi connectivity index (χ0) is 14.7. The number of aromatic nitrogens is 3. The number of amides is 1. The van der Waals surface area contributed by atoms with Gasteiger partial charge in [0.05, 0.1) is 6.20 Å². The van der Waals surface area contributed by atoms with Crippen LogP contribution in [0.25, 0.3) is 0 Å². The number of carboxylic acids is 1. The molecule has 0 aliphatic carbocycles. The molecule has 104 valence electrons. The van der Waals surface area contributed by atoms with Crippen LogP contribution in [0.1, 0.15) is 40.7 Å². The summed E-state index contributed by atoms with van der Waals surface area (Å²) in [6, 6.07) is 4.47. The molecule has 1 amide bonds. The summed E-state index contributed by atoms with van der Waals surface area (Å²) in [6.45, 7) is 3.88. The molecule has 20 heavy (non-hydrogen) atoms. The molecule has 0 bridgehead atoms. The van der Waals surface area contributed by atoms with Crippen molar-refractivity contribution < 1.29 is 14.7 Å². The van der Waals surface area contributed by atoms with Gasteiger partial charge in [-0.2, -0.15) is 5.10 Å². The van der Waals surface area contributed by atoms with Crippen LogP contribution in [0.2, 0.25) is 0 Å². The van der Waals surface area contributed by atoms with Crippen LogP contribution in [-0.2, 0) is 0 Å². The molecule has 0 fully saturated rings. The fourth-order valence-electron chi connectivity index (χ4n) is 1.70. The first-order chi connectivity index (χ1) is 9.49. The van der Waals surface area contributed by atoms with Crippen molar-refractivity contribution in [2.75, 3.05) is 5.32 Å². The molecular weight excluding hydrogens is 260 g/mol. The quantitative estimate of drug-likeness (QED) is 0.886. The highest BCUT2D eigenvalue weighted by molar-refractivity contribution is 6.04. The van der Waals surface area contributed by atoms with Crippen LogP contribution in [0.5, 0.6) is 0 Å². The molecular formula is C13H14N4O3. The monoisotopic (exact) mass is 274 g/mol. The maximum absolute atomic E-state index is 12.1. The lowest BCUT2D eigenvalue weighted by molar-refractivity contribution is 0.0690. The Balaban J connectivity index is 2.22. The van der Waals surface area contributed by atoms with E-state index < -0.39 is 11.9 Å². The van der Waals surface area contributed by atoms with Gasteiger partial charge in [0.1, 0.15) is 11.5 Å². The summed E-state index contributed by atoms with van der Waals surface area (Å²) in [5, 5.41) is 15.7. The number of pyridine rings is 1. The number of hydrogen-bond acceptors (Lipinski definition) is 4. The Kier molecular flexibility index (Phi) is 3.79. The second kappa shape index (κ2) is 5.52. The lowest BCUT2D eigenvalue weighted by atomic mass is 10.2. The van der Waals surface area contributed by atoms with Crippen LogP contribution in [0.3, 0.4) is 0 Å². The number of anilines is 1. The van der Waals surface area contributed by atoms with E-state index in [4.69, 9.17) is 5.11 Å². The minimum atomic E-state index is -1.17. The second-order valence-corrected chi connectivity index (χ2v) is 4.44. The number of nitrogens with one attached hydrogen (secondary N) is 1. The van der Waals surface area contributed by atoms with E-state index in [0.717, 1.165) is 0 Å². The van der Waals surface area contributed by atoms with Crippen molar-refractivity contribution >= 4 is 17.7 Å².